The van der Waals surface area contributed by atoms with Crippen LogP contribution < -0.4 is 15.5 Å². The van der Waals surface area contributed by atoms with Crippen LogP contribution in [0.2, 0.25) is 0 Å². The van der Waals surface area contributed by atoms with Gasteiger partial charge in [-0.15, -0.1) is 24.0 Å². The average Bonchev–Trinajstić information content (AvgIpc) is 3.15. The van der Waals surface area contributed by atoms with E-state index < -0.39 is 0 Å². The van der Waals surface area contributed by atoms with Crippen molar-refractivity contribution < 1.29 is 0 Å². The van der Waals surface area contributed by atoms with Gasteiger partial charge in [0.1, 0.15) is 0 Å². The summed E-state index contributed by atoms with van der Waals surface area (Å²) in [4.78, 5) is 6.88. The van der Waals surface area contributed by atoms with E-state index in [4.69, 9.17) is 0 Å². The Balaban J connectivity index is 0.00000220. The van der Waals surface area contributed by atoms with Gasteiger partial charge in [-0.3, -0.25) is 4.99 Å². The minimum Gasteiger partial charge on any atom is -0.373 e. The first kappa shape index (κ1) is 18.1. The van der Waals surface area contributed by atoms with Crippen LogP contribution in [0, 0.1) is 5.92 Å². The maximum atomic E-state index is 4.65. The number of benzene rings is 1. The molecule has 4 nitrogen and oxygen atoms in total. The third-order valence-corrected chi connectivity index (χ3v) is 3.68. The van der Waals surface area contributed by atoms with Gasteiger partial charge in [-0.1, -0.05) is 25.1 Å². The monoisotopic (exact) mass is 402 g/mol. The first-order valence-electron chi connectivity index (χ1n) is 7.51. The Labute approximate surface area is 145 Å². The Morgan fingerprint density at radius 1 is 1.33 bits per heavy atom. The van der Waals surface area contributed by atoms with Gasteiger partial charge in [-0.2, -0.15) is 0 Å². The minimum atomic E-state index is 0. The van der Waals surface area contributed by atoms with E-state index in [2.05, 4.69) is 65.7 Å². The SMILES string of the molecule is CCNC(=NCCN(C)c1ccccc1)NC1CC1C.I. The molecule has 1 fully saturated rings. The highest BCUT2D eigenvalue weighted by atomic mass is 127. The van der Waals surface area contributed by atoms with Crippen LogP contribution in [0.15, 0.2) is 35.3 Å². The fourth-order valence-corrected chi connectivity index (χ4v) is 2.14. The molecule has 2 rings (SSSR count). The van der Waals surface area contributed by atoms with Gasteiger partial charge in [-0.25, -0.2) is 0 Å². The lowest BCUT2D eigenvalue weighted by Gasteiger charge is -2.18. The van der Waals surface area contributed by atoms with Gasteiger partial charge in [0, 0.05) is 31.9 Å². The number of likely N-dealkylation sites (N-methyl/N-ethyl adjacent to an activating group) is 1. The Hall–Kier alpha value is -0.980. The number of nitrogens with zero attached hydrogens (tertiary/aromatic N) is 2. The van der Waals surface area contributed by atoms with Crippen LogP contribution >= 0.6 is 24.0 Å². The molecule has 1 aliphatic carbocycles. The number of halogens is 1. The predicted octanol–water partition coefficient (Wildman–Crippen LogP) is 2.70. The molecule has 5 heteroatoms. The Morgan fingerprint density at radius 3 is 2.57 bits per heavy atom. The van der Waals surface area contributed by atoms with Crippen molar-refractivity contribution in [3.63, 3.8) is 0 Å². The lowest BCUT2D eigenvalue weighted by Crippen LogP contribution is -2.39. The maximum Gasteiger partial charge on any atom is 0.191 e. The number of guanidine groups is 1. The van der Waals surface area contributed by atoms with E-state index in [0.29, 0.717) is 6.04 Å². The molecular formula is C16H27IN4. The standard InChI is InChI=1S/C16H26N4.HI/c1-4-17-16(19-15-12-13(15)2)18-10-11-20(3)14-8-6-5-7-9-14;/h5-9,13,15H,4,10-12H2,1-3H3,(H2,17,18,19);1H. The molecule has 2 atom stereocenters. The van der Waals surface area contributed by atoms with E-state index in [1.165, 1.54) is 12.1 Å². The molecule has 1 aromatic carbocycles. The highest BCUT2D eigenvalue weighted by Crippen LogP contribution is 2.28. The van der Waals surface area contributed by atoms with Crippen LogP contribution in [0.4, 0.5) is 5.69 Å². The largest absolute Gasteiger partial charge is 0.373 e. The van der Waals surface area contributed by atoms with Gasteiger partial charge in [0.2, 0.25) is 0 Å². The summed E-state index contributed by atoms with van der Waals surface area (Å²) in [5.74, 6) is 1.73. The highest BCUT2D eigenvalue weighted by molar-refractivity contribution is 14.0. The molecule has 0 heterocycles. The molecule has 0 bridgehead atoms. The van der Waals surface area contributed by atoms with Crippen LogP contribution in [-0.4, -0.2) is 38.7 Å². The van der Waals surface area contributed by atoms with E-state index in [9.17, 15) is 0 Å². The van der Waals surface area contributed by atoms with E-state index >= 15 is 0 Å². The number of para-hydroxylation sites is 1. The molecule has 0 radical (unpaired) electrons. The second-order valence-electron chi connectivity index (χ2n) is 5.48. The van der Waals surface area contributed by atoms with Crippen molar-refractivity contribution in [3.8, 4) is 0 Å². The van der Waals surface area contributed by atoms with E-state index in [-0.39, 0.29) is 24.0 Å². The molecule has 1 aromatic rings. The first-order chi connectivity index (χ1) is 9.70. The van der Waals surface area contributed by atoms with Crippen LogP contribution in [0.3, 0.4) is 0 Å². The second kappa shape index (κ2) is 9.12. The van der Waals surface area contributed by atoms with Crippen LogP contribution in [-0.2, 0) is 0 Å². The predicted molar refractivity (Wildman–Crippen MR) is 102 cm³/mol. The average molecular weight is 402 g/mol. The first-order valence-corrected chi connectivity index (χ1v) is 7.51. The summed E-state index contributed by atoms with van der Waals surface area (Å²) in [5, 5.41) is 6.78. The lowest BCUT2D eigenvalue weighted by atomic mass is 10.3. The molecular weight excluding hydrogens is 375 g/mol. The number of rotatable bonds is 6. The topological polar surface area (TPSA) is 39.7 Å². The molecule has 0 spiro atoms. The summed E-state index contributed by atoms with van der Waals surface area (Å²) in [6.07, 6.45) is 1.26. The van der Waals surface area contributed by atoms with Crippen molar-refractivity contribution in [2.24, 2.45) is 10.9 Å². The van der Waals surface area contributed by atoms with Gasteiger partial charge in [0.05, 0.1) is 6.54 Å². The van der Waals surface area contributed by atoms with Crippen molar-refractivity contribution in [2.45, 2.75) is 26.3 Å². The van der Waals surface area contributed by atoms with Crippen molar-refractivity contribution in [2.75, 3.05) is 31.6 Å². The molecule has 21 heavy (non-hydrogen) atoms. The van der Waals surface area contributed by atoms with Crippen LogP contribution in [0.1, 0.15) is 20.3 Å². The van der Waals surface area contributed by atoms with E-state index in [0.717, 1.165) is 31.5 Å². The molecule has 1 saturated carbocycles. The zero-order chi connectivity index (χ0) is 14.4. The normalized spacial score (nSPS) is 20.4. The fourth-order valence-electron chi connectivity index (χ4n) is 2.14. The number of hydrogen-bond donors (Lipinski definition) is 2. The molecule has 118 valence electrons. The van der Waals surface area contributed by atoms with Gasteiger partial charge in [0.25, 0.3) is 0 Å². The summed E-state index contributed by atoms with van der Waals surface area (Å²) in [6.45, 7) is 6.98. The number of anilines is 1. The third kappa shape index (κ3) is 6.11. The van der Waals surface area contributed by atoms with Crippen LogP contribution in [0.25, 0.3) is 0 Å². The van der Waals surface area contributed by atoms with Crippen molar-refractivity contribution in [3.05, 3.63) is 30.3 Å². The summed E-state index contributed by atoms with van der Waals surface area (Å²) in [6, 6.07) is 11.0. The Morgan fingerprint density at radius 2 is 2.00 bits per heavy atom. The summed E-state index contributed by atoms with van der Waals surface area (Å²) in [5.41, 5.74) is 1.23. The van der Waals surface area contributed by atoms with Gasteiger partial charge >= 0.3 is 0 Å². The van der Waals surface area contributed by atoms with E-state index in [1.807, 2.05) is 6.07 Å². The molecule has 0 aliphatic heterocycles. The third-order valence-electron chi connectivity index (χ3n) is 3.68. The number of aliphatic imine (C=N–C) groups is 1. The Kier molecular flexibility index (Phi) is 7.85. The quantitative estimate of drug-likeness (QED) is 0.437. The molecule has 2 unspecified atom stereocenters. The second-order valence-corrected chi connectivity index (χ2v) is 5.48. The fraction of sp³-hybridized carbons (Fsp3) is 0.562. The zero-order valence-corrected chi connectivity index (χ0v) is 15.5. The van der Waals surface area contributed by atoms with Crippen molar-refractivity contribution >= 4 is 35.6 Å². The maximum absolute atomic E-state index is 4.65. The number of hydrogen-bond acceptors (Lipinski definition) is 2. The van der Waals surface area contributed by atoms with Crippen LogP contribution in [0.5, 0.6) is 0 Å². The summed E-state index contributed by atoms with van der Waals surface area (Å²) >= 11 is 0. The lowest BCUT2D eigenvalue weighted by molar-refractivity contribution is 0.762. The molecule has 0 saturated heterocycles. The minimum absolute atomic E-state index is 0. The van der Waals surface area contributed by atoms with Gasteiger partial charge in [0.15, 0.2) is 5.96 Å². The van der Waals surface area contributed by atoms with Gasteiger partial charge in [-0.05, 0) is 31.4 Å². The number of nitrogens with one attached hydrogen (secondary N) is 2. The molecule has 1 aliphatic rings. The molecule has 0 aromatic heterocycles. The zero-order valence-electron chi connectivity index (χ0n) is 13.2. The van der Waals surface area contributed by atoms with E-state index in [1.54, 1.807) is 0 Å². The van der Waals surface area contributed by atoms with Gasteiger partial charge < -0.3 is 15.5 Å². The summed E-state index contributed by atoms with van der Waals surface area (Å²) in [7, 11) is 2.11. The molecule has 2 N–H and O–H groups in total. The molecule has 0 amide bonds. The van der Waals surface area contributed by atoms with Crippen molar-refractivity contribution in [1.82, 2.24) is 10.6 Å². The van der Waals surface area contributed by atoms with Crippen molar-refractivity contribution in [1.29, 1.82) is 0 Å². The smallest absolute Gasteiger partial charge is 0.191 e. The Bertz CT molecular complexity index is 435. The highest BCUT2D eigenvalue weighted by Gasteiger charge is 2.33. The summed E-state index contributed by atoms with van der Waals surface area (Å²) < 4.78 is 0.